The van der Waals surface area contributed by atoms with Crippen molar-refractivity contribution in [1.29, 1.82) is 0 Å². The maximum Gasteiger partial charge on any atom is 0.0697 e. The molecule has 2 saturated carbocycles. The fourth-order valence-electron chi connectivity index (χ4n) is 4.48. The van der Waals surface area contributed by atoms with E-state index in [1.165, 1.54) is 64.2 Å². The number of ether oxygens (including phenoxy) is 1. The second kappa shape index (κ2) is 4.55. The minimum atomic E-state index is 0.250. The molecule has 3 fully saturated rings. The number of hydrogen-bond donors (Lipinski definition) is 1. The molecule has 3 rings (SSSR count). The maximum atomic E-state index is 6.20. The largest absolute Gasteiger partial charge is 0.375 e. The van der Waals surface area contributed by atoms with Gasteiger partial charge in [-0.15, -0.1) is 0 Å². The van der Waals surface area contributed by atoms with Gasteiger partial charge in [-0.1, -0.05) is 12.8 Å². The van der Waals surface area contributed by atoms with Crippen molar-refractivity contribution in [2.75, 3.05) is 13.7 Å². The van der Waals surface area contributed by atoms with E-state index in [0.717, 1.165) is 12.0 Å². The first-order valence-corrected chi connectivity index (χ1v) is 7.57. The smallest absolute Gasteiger partial charge is 0.0697 e. The first-order valence-electron chi connectivity index (χ1n) is 7.57. The van der Waals surface area contributed by atoms with Gasteiger partial charge in [-0.3, -0.25) is 0 Å². The third-order valence-corrected chi connectivity index (χ3v) is 5.79. The summed E-state index contributed by atoms with van der Waals surface area (Å²) in [6, 6.07) is 0.696. The lowest BCUT2D eigenvalue weighted by atomic mass is 9.65. The zero-order valence-electron chi connectivity index (χ0n) is 11.3. The van der Waals surface area contributed by atoms with Crippen LogP contribution in [0.2, 0.25) is 0 Å². The fraction of sp³-hybridized carbons (Fsp3) is 1.00. The molecule has 0 radical (unpaired) electrons. The molecule has 1 N–H and O–H groups in total. The summed E-state index contributed by atoms with van der Waals surface area (Å²) >= 11 is 0. The average molecular weight is 237 g/mol. The van der Waals surface area contributed by atoms with Gasteiger partial charge in [0.05, 0.1) is 5.60 Å². The second-order valence-electron chi connectivity index (χ2n) is 6.72. The van der Waals surface area contributed by atoms with Gasteiger partial charge in [-0.05, 0) is 63.8 Å². The van der Waals surface area contributed by atoms with Crippen molar-refractivity contribution < 1.29 is 4.74 Å². The Kier molecular flexibility index (Phi) is 3.20. The standard InChI is InChI=1S/C15H27NO/c1-16-13-4-11-17-15(12-13)9-7-14(8-10-15)5-2-3-6-14/h13,16H,2-12H2,1H3. The number of nitrogens with one attached hydrogen (secondary N) is 1. The van der Waals surface area contributed by atoms with Crippen molar-refractivity contribution in [1.82, 2.24) is 5.32 Å². The summed E-state index contributed by atoms with van der Waals surface area (Å²) in [5.74, 6) is 0. The van der Waals surface area contributed by atoms with Gasteiger partial charge in [0, 0.05) is 12.6 Å². The van der Waals surface area contributed by atoms with Crippen LogP contribution in [0.1, 0.15) is 64.2 Å². The van der Waals surface area contributed by atoms with Crippen molar-refractivity contribution >= 4 is 0 Å². The van der Waals surface area contributed by atoms with Crippen LogP contribution in [0.4, 0.5) is 0 Å². The molecule has 1 unspecified atom stereocenters. The monoisotopic (exact) mass is 237 g/mol. The Morgan fingerprint density at radius 3 is 2.35 bits per heavy atom. The van der Waals surface area contributed by atoms with E-state index in [9.17, 15) is 0 Å². The van der Waals surface area contributed by atoms with Gasteiger partial charge in [-0.2, -0.15) is 0 Å². The van der Waals surface area contributed by atoms with Gasteiger partial charge in [0.25, 0.3) is 0 Å². The first kappa shape index (κ1) is 12.0. The molecule has 98 valence electrons. The average Bonchev–Trinajstić information content (AvgIpc) is 2.83. The molecule has 2 aliphatic carbocycles. The van der Waals surface area contributed by atoms with Gasteiger partial charge >= 0.3 is 0 Å². The van der Waals surface area contributed by atoms with E-state index in [2.05, 4.69) is 12.4 Å². The molecule has 1 heterocycles. The summed E-state index contributed by atoms with van der Waals surface area (Å²) in [5.41, 5.74) is 0.987. The summed E-state index contributed by atoms with van der Waals surface area (Å²) in [6.07, 6.45) is 13.9. The van der Waals surface area contributed by atoms with Crippen LogP contribution in [0, 0.1) is 5.41 Å². The van der Waals surface area contributed by atoms with Crippen molar-refractivity contribution in [3.8, 4) is 0 Å². The van der Waals surface area contributed by atoms with Crippen LogP contribution in [-0.4, -0.2) is 25.3 Å². The summed E-state index contributed by atoms with van der Waals surface area (Å²) < 4.78 is 6.20. The second-order valence-corrected chi connectivity index (χ2v) is 6.72. The zero-order valence-corrected chi connectivity index (χ0v) is 11.3. The van der Waals surface area contributed by atoms with E-state index in [-0.39, 0.29) is 5.60 Å². The van der Waals surface area contributed by atoms with Crippen LogP contribution in [0.3, 0.4) is 0 Å². The van der Waals surface area contributed by atoms with Crippen LogP contribution < -0.4 is 5.32 Å². The van der Waals surface area contributed by atoms with Crippen molar-refractivity contribution in [2.45, 2.75) is 75.9 Å². The van der Waals surface area contributed by atoms with Gasteiger partial charge in [0.15, 0.2) is 0 Å². The molecule has 1 saturated heterocycles. The molecule has 0 aromatic rings. The van der Waals surface area contributed by atoms with Gasteiger partial charge < -0.3 is 10.1 Å². The molecule has 1 aliphatic heterocycles. The molecular weight excluding hydrogens is 210 g/mol. The summed E-state index contributed by atoms with van der Waals surface area (Å²) in [5, 5.41) is 3.46. The van der Waals surface area contributed by atoms with E-state index in [1.807, 2.05) is 0 Å². The highest BCUT2D eigenvalue weighted by Gasteiger charge is 2.46. The van der Waals surface area contributed by atoms with Crippen LogP contribution >= 0.6 is 0 Å². The molecule has 0 bridgehead atoms. The number of rotatable bonds is 1. The minimum absolute atomic E-state index is 0.250. The van der Waals surface area contributed by atoms with Gasteiger partial charge in [-0.25, -0.2) is 0 Å². The summed E-state index contributed by atoms with van der Waals surface area (Å²) in [7, 11) is 2.10. The molecule has 0 aromatic heterocycles. The lowest BCUT2D eigenvalue weighted by Gasteiger charge is -2.48. The van der Waals surface area contributed by atoms with Gasteiger partial charge in [0.2, 0.25) is 0 Å². The third kappa shape index (κ3) is 2.26. The highest BCUT2D eigenvalue weighted by molar-refractivity contribution is 4.99. The van der Waals surface area contributed by atoms with E-state index >= 15 is 0 Å². The van der Waals surface area contributed by atoms with E-state index < -0.39 is 0 Å². The van der Waals surface area contributed by atoms with Crippen molar-refractivity contribution in [3.63, 3.8) is 0 Å². The van der Waals surface area contributed by atoms with Crippen LogP contribution in [-0.2, 0) is 4.74 Å². The molecule has 2 spiro atoms. The van der Waals surface area contributed by atoms with E-state index in [0.29, 0.717) is 6.04 Å². The Morgan fingerprint density at radius 1 is 1.00 bits per heavy atom. The Labute approximate surface area is 105 Å². The third-order valence-electron chi connectivity index (χ3n) is 5.79. The minimum Gasteiger partial charge on any atom is -0.375 e. The number of hydrogen-bond acceptors (Lipinski definition) is 2. The van der Waals surface area contributed by atoms with Crippen LogP contribution in [0.15, 0.2) is 0 Å². The Hall–Kier alpha value is -0.0800. The highest BCUT2D eigenvalue weighted by atomic mass is 16.5. The maximum absolute atomic E-state index is 6.20. The van der Waals surface area contributed by atoms with Crippen LogP contribution in [0.5, 0.6) is 0 Å². The predicted octanol–water partition coefficient (Wildman–Crippen LogP) is 3.26. The molecule has 2 nitrogen and oxygen atoms in total. The summed E-state index contributed by atoms with van der Waals surface area (Å²) in [4.78, 5) is 0. The Bertz CT molecular complexity index is 260. The van der Waals surface area contributed by atoms with Crippen molar-refractivity contribution in [3.05, 3.63) is 0 Å². The topological polar surface area (TPSA) is 21.3 Å². The fourth-order valence-corrected chi connectivity index (χ4v) is 4.48. The summed E-state index contributed by atoms with van der Waals surface area (Å²) in [6.45, 7) is 0.971. The zero-order chi connectivity index (χ0) is 11.8. The van der Waals surface area contributed by atoms with Gasteiger partial charge in [0.1, 0.15) is 0 Å². The lowest BCUT2D eigenvalue weighted by Crippen LogP contribution is -2.49. The molecule has 17 heavy (non-hydrogen) atoms. The lowest BCUT2D eigenvalue weighted by molar-refractivity contribution is -0.125. The molecule has 1 atom stereocenters. The first-order chi connectivity index (χ1) is 8.26. The van der Waals surface area contributed by atoms with E-state index in [4.69, 9.17) is 4.74 Å². The van der Waals surface area contributed by atoms with E-state index in [1.54, 1.807) is 0 Å². The normalized spacial score (nSPS) is 35.5. The molecule has 0 amide bonds. The molecule has 0 aromatic carbocycles. The van der Waals surface area contributed by atoms with Crippen molar-refractivity contribution in [2.24, 2.45) is 5.41 Å². The Balaban J connectivity index is 1.62. The molecular formula is C15H27NO. The highest BCUT2D eigenvalue weighted by Crippen LogP contribution is 2.53. The van der Waals surface area contributed by atoms with Crippen LogP contribution in [0.25, 0.3) is 0 Å². The Morgan fingerprint density at radius 2 is 1.71 bits per heavy atom. The molecule has 3 aliphatic rings. The quantitative estimate of drug-likeness (QED) is 0.756. The molecule has 2 heteroatoms. The predicted molar refractivity (Wildman–Crippen MR) is 70.1 cm³/mol. The SMILES string of the molecule is CNC1CCOC2(CCC3(CCCC3)CC2)C1.